The van der Waals surface area contributed by atoms with Crippen molar-refractivity contribution in [3.05, 3.63) is 40.1 Å². The van der Waals surface area contributed by atoms with Crippen LogP contribution in [0, 0.1) is 12.7 Å². The van der Waals surface area contributed by atoms with Gasteiger partial charge in [0, 0.05) is 16.6 Å². The molecule has 1 heterocycles. The highest BCUT2D eigenvalue weighted by molar-refractivity contribution is 7.14. The molecule has 0 bridgehead atoms. The van der Waals surface area contributed by atoms with E-state index in [0.717, 1.165) is 0 Å². The molecule has 0 amide bonds. The fraction of sp³-hybridized carbons (Fsp3) is 0.100. The van der Waals surface area contributed by atoms with Crippen molar-refractivity contribution < 1.29 is 4.39 Å². The average molecular weight is 243 g/mol. The lowest BCUT2D eigenvalue weighted by Gasteiger charge is -2.06. The standard InChI is InChI=1S/C10H8ClFN2S/c1-6-7(12)3-2-4-8(6)13-10-14-9(11)5-15-10/h2-5H,1H3,(H,13,14). The molecule has 78 valence electrons. The predicted octanol–water partition coefficient (Wildman–Crippen LogP) is 3.99. The Kier molecular flexibility index (Phi) is 2.88. The number of halogens is 2. The zero-order valence-corrected chi connectivity index (χ0v) is 9.49. The fourth-order valence-corrected chi connectivity index (χ4v) is 2.02. The summed E-state index contributed by atoms with van der Waals surface area (Å²) < 4.78 is 13.2. The van der Waals surface area contributed by atoms with E-state index >= 15 is 0 Å². The first kappa shape index (κ1) is 10.4. The van der Waals surface area contributed by atoms with Gasteiger partial charge in [0.1, 0.15) is 11.0 Å². The molecule has 2 rings (SSSR count). The summed E-state index contributed by atoms with van der Waals surface area (Å²) in [5, 5.41) is 5.84. The van der Waals surface area contributed by atoms with Crippen molar-refractivity contribution >= 4 is 33.8 Å². The van der Waals surface area contributed by atoms with Gasteiger partial charge in [0.2, 0.25) is 0 Å². The summed E-state index contributed by atoms with van der Waals surface area (Å²) in [6, 6.07) is 4.88. The number of rotatable bonds is 2. The predicted molar refractivity (Wildman–Crippen MR) is 61.5 cm³/mol. The monoisotopic (exact) mass is 242 g/mol. The van der Waals surface area contributed by atoms with Crippen LogP contribution in [-0.4, -0.2) is 4.98 Å². The SMILES string of the molecule is Cc1c(F)cccc1Nc1nc(Cl)cs1. The van der Waals surface area contributed by atoms with Gasteiger partial charge in [-0.3, -0.25) is 0 Å². The summed E-state index contributed by atoms with van der Waals surface area (Å²) in [5.74, 6) is -0.234. The molecular weight excluding hydrogens is 235 g/mol. The normalized spacial score (nSPS) is 10.3. The fourth-order valence-electron chi connectivity index (χ4n) is 1.17. The van der Waals surface area contributed by atoms with Crippen molar-refractivity contribution in [1.82, 2.24) is 4.98 Å². The molecule has 0 atom stereocenters. The largest absolute Gasteiger partial charge is 0.331 e. The molecule has 15 heavy (non-hydrogen) atoms. The Hall–Kier alpha value is -1.13. The van der Waals surface area contributed by atoms with Crippen LogP contribution in [-0.2, 0) is 0 Å². The summed E-state index contributed by atoms with van der Waals surface area (Å²) >= 11 is 7.07. The lowest BCUT2D eigenvalue weighted by atomic mass is 10.2. The lowest BCUT2D eigenvalue weighted by Crippen LogP contribution is -1.94. The number of aromatic nitrogens is 1. The maximum Gasteiger partial charge on any atom is 0.188 e. The minimum absolute atomic E-state index is 0.234. The molecule has 0 spiro atoms. The third-order valence-electron chi connectivity index (χ3n) is 1.99. The van der Waals surface area contributed by atoms with Crippen LogP contribution in [0.1, 0.15) is 5.56 Å². The highest BCUT2D eigenvalue weighted by atomic mass is 35.5. The van der Waals surface area contributed by atoms with Crippen LogP contribution in [0.15, 0.2) is 23.6 Å². The van der Waals surface area contributed by atoms with Crippen LogP contribution >= 0.6 is 22.9 Å². The van der Waals surface area contributed by atoms with Crippen molar-refractivity contribution in [3.63, 3.8) is 0 Å². The summed E-state index contributed by atoms with van der Waals surface area (Å²) in [6.45, 7) is 1.72. The van der Waals surface area contributed by atoms with Crippen molar-refractivity contribution in [2.75, 3.05) is 5.32 Å². The molecule has 0 fully saturated rings. The topological polar surface area (TPSA) is 24.9 Å². The summed E-state index contributed by atoms with van der Waals surface area (Å²) in [7, 11) is 0. The van der Waals surface area contributed by atoms with Gasteiger partial charge in [0.25, 0.3) is 0 Å². The molecule has 0 aliphatic rings. The molecule has 2 nitrogen and oxygen atoms in total. The second kappa shape index (κ2) is 4.16. The highest BCUT2D eigenvalue weighted by Crippen LogP contribution is 2.25. The molecule has 2 aromatic rings. The second-order valence-electron chi connectivity index (χ2n) is 3.01. The third-order valence-corrected chi connectivity index (χ3v) is 3.07. The first-order valence-corrected chi connectivity index (χ1v) is 5.56. The average Bonchev–Trinajstić information content (AvgIpc) is 2.59. The smallest absolute Gasteiger partial charge is 0.188 e. The van der Waals surface area contributed by atoms with Gasteiger partial charge >= 0.3 is 0 Å². The molecule has 0 radical (unpaired) electrons. The van der Waals surface area contributed by atoms with Gasteiger partial charge in [-0.2, -0.15) is 0 Å². The molecule has 1 aromatic heterocycles. The Balaban J connectivity index is 2.28. The van der Waals surface area contributed by atoms with Crippen molar-refractivity contribution in [1.29, 1.82) is 0 Å². The Morgan fingerprint density at radius 2 is 2.27 bits per heavy atom. The van der Waals surface area contributed by atoms with Crippen LogP contribution < -0.4 is 5.32 Å². The van der Waals surface area contributed by atoms with Crippen molar-refractivity contribution in [3.8, 4) is 0 Å². The van der Waals surface area contributed by atoms with E-state index in [1.807, 2.05) is 0 Å². The van der Waals surface area contributed by atoms with E-state index in [1.54, 1.807) is 24.4 Å². The van der Waals surface area contributed by atoms with Crippen molar-refractivity contribution in [2.24, 2.45) is 0 Å². The van der Waals surface area contributed by atoms with Gasteiger partial charge < -0.3 is 5.32 Å². The quantitative estimate of drug-likeness (QED) is 0.861. The van der Waals surface area contributed by atoms with Crippen LogP contribution in [0.3, 0.4) is 0 Å². The van der Waals surface area contributed by atoms with Gasteiger partial charge in [-0.25, -0.2) is 9.37 Å². The number of hydrogen-bond donors (Lipinski definition) is 1. The van der Waals surface area contributed by atoms with E-state index in [0.29, 0.717) is 21.5 Å². The van der Waals surface area contributed by atoms with Gasteiger partial charge in [-0.05, 0) is 19.1 Å². The van der Waals surface area contributed by atoms with Crippen LogP contribution in [0.2, 0.25) is 5.15 Å². The Morgan fingerprint density at radius 1 is 1.47 bits per heavy atom. The molecule has 0 saturated heterocycles. The van der Waals surface area contributed by atoms with Gasteiger partial charge in [-0.15, -0.1) is 11.3 Å². The van der Waals surface area contributed by atoms with E-state index in [1.165, 1.54) is 17.4 Å². The van der Waals surface area contributed by atoms with E-state index in [9.17, 15) is 4.39 Å². The lowest BCUT2D eigenvalue weighted by molar-refractivity contribution is 0.619. The summed E-state index contributed by atoms with van der Waals surface area (Å²) in [5.41, 5.74) is 1.28. The van der Waals surface area contributed by atoms with E-state index < -0.39 is 0 Å². The molecular formula is C10H8ClFN2S. The molecule has 0 saturated carbocycles. The Morgan fingerprint density at radius 3 is 2.93 bits per heavy atom. The molecule has 1 N–H and O–H groups in total. The molecule has 0 unspecified atom stereocenters. The van der Waals surface area contributed by atoms with Gasteiger partial charge in [-0.1, -0.05) is 17.7 Å². The summed E-state index contributed by atoms with van der Waals surface area (Å²) in [6.07, 6.45) is 0. The summed E-state index contributed by atoms with van der Waals surface area (Å²) in [4.78, 5) is 4.03. The Bertz CT molecular complexity index is 484. The first-order valence-electron chi connectivity index (χ1n) is 4.30. The van der Waals surface area contributed by atoms with Crippen LogP contribution in [0.25, 0.3) is 0 Å². The molecule has 0 aliphatic heterocycles. The number of nitrogens with zero attached hydrogens (tertiary/aromatic N) is 1. The third kappa shape index (κ3) is 2.27. The second-order valence-corrected chi connectivity index (χ2v) is 4.26. The first-order chi connectivity index (χ1) is 7.16. The molecule has 1 aromatic carbocycles. The number of hydrogen-bond acceptors (Lipinski definition) is 3. The van der Waals surface area contributed by atoms with Gasteiger partial charge in [0.05, 0.1) is 0 Å². The number of thiazole rings is 1. The molecule has 0 aliphatic carbocycles. The highest BCUT2D eigenvalue weighted by Gasteiger charge is 2.05. The van der Waals surface area contributed by atoms with Gasteiger partial charge in [0.15, 0.2) is 5.13 Å². The van der Waals surface area contributed by atoms with Crippen molar-refractivity contribution in [2.45, 2.75) is 6.92 Å². The van der Waals surface area contributed by atoms with E-state index in [2.05, 4.69) is 10.3 Å². The minimum atomic E-state index is -0.234. The van der Waals surface area contributed by atoms with Crippen LogP contribution in [0.5, 0.6) is 0 Å². The maximum absolute atomic E-state index is 13.2. The minimum Gasteiger partial charge on any atom is -0.331 e. The van der Waals surface area contributed by atoms with E-state index in [4.69, 9.17) is 11.6 Å². The number of nitrogens with one attached hydrogen (secondary N) is 1. The zero-order valence-electron chi connectivity index (χ0n) is 7.92. The number of benzene rings is 1. The Labute approximate surface area is 95.7 Å². The maximum atomic E-state index is 13.2. The number of anilines is 2. The van der Waals surface area contributed by atoms with E-state index in [-0.39, 0.29) is 5.82 Å². The van der Waals surface area contributed by atoms with Crippen LogP contribution in [0.4, 0.5) is 15.2 Å². The zero-order chi connectivity index (χ0) is 10.8. The molecule has 5 heteroatoms.